The van der Waals surface area contributed by atoms with Gasteiger partial charge in [0.1, 0.15) is 5.75 Å². The Balaban J connectivity index is 1.30. The minimum absolute atomic E-state index is 0.165. The molecule has 1 aromatic carbocycles. The van der Waals surface area contributed by atoms with Crippen LogP contribution in [0.2, 0.25) is 0 Å². The molecule has 0 aliphatic carbocycles. The molecule has 4 unspecified atom stereocenters. The zero-order valence-electron chi connectivity index (χ0n) is 19.2. The number of carbonyl (C=O) groups excluding carboxylic acids is 1. The van der Waals surface area contributed by atoms with Gasteiger partial charge in [0, 0.05) is 27.4 Å². The van der Waals surface area contributed by atoms with Crippen molar-refractivity contribution in [2.75, 3.05) is 0 Å². The van der Waals surface area contributed by atoms with Crippen molar-refractivity contribution >= 4 is 68.8 Å². The molecular formula is C24H36O2S6. The molecular weight excluding hydrogens is 513 g/mol. The van der Waals surface area contributed by atoms with Gasteiger partial charge in [0.15, 0.2) is 0 Å². The van der Waals surface area contributed by atoms with Gasteiger partial charge in [0.25, 0.3) is 0 Å². The monoisotopic (exact) mass is 548 g/mol. The van der Waals surface area contributed by atoms with Crippen LogP contribution in [0.5, 0.6) is 5.75 Å². The van der Waals surface area contributed by atoms with Crippen LogP contribution in [-0.4, -0.2) is 27.0 Å². The van der Waals surface area contributed by atoms with Crippen molar-refractivity contribution in [2.45, 2.75) is 105 Å². The van der Waals surface area contributed by atoms with E-state index < -0.39 is 0 Å². The quantitative estimate of drug-likeness (QED) is 0.110. The molecule has 0 N–H and O–H groups in total. The Morgan fingerprint density at radius 2 is 1.59 bits per heavy atom. The Labute approximate surface area is 218 Å². The van der Waals surface area contributed by atoms with E-state index in [2.05, 4.69) is 75.8 Å². The number of rotatable bonds is 12. The predicted octanol–water partition coefficient (Wildman–Crippen LogP) is 9.64. The first-order valence-corrected chi connectivity index (χ1v) is 19.2. The predicted molar refractivity (Wildman–Crippen MR) is 154 cm³/mol. The molecule has 2 aliphatic heterocycles. The van der Waals surface area contributed by atoms with Crippen LogP contribution < -0.4 is 4.74 Å². The van der Waals surface area contributed by atoms with Crippen molar-refractivity contribution in [3.63, 3.8) is 0 Å². The van der Waals surface area contributed by atoms with Gasteiger partial charge in [-0.05, 0) is 69.5 Å². The zero-order valence-corrected chi connectivity index (χ0v) is 24.1. The molecule has 2 nitrogen and oxygen atoms in total. The molecule has 3 rings (SSSR count). The van der Waals surface area contributed by atoms with Gasteiger partial charge < -0.3 is 4.74 Å². The molecule has 2 fully saturated rings. The Morgan fingerprint density at radius 1 is 0.906 bits per heavy atom. The fourth-order valence-corrected chi connectivity index (χ4v) is 16.9. The third-order valence-corrected chi connectivity index (χ3v) is 16.4. The summed E-state index contributed by atoms with van der Waals surface area (Å²) in [7, 11) is 12.8. The van der Waals surface area contributed by atoms with E-state index in [0.29, 0.717) is 12.2 Å². The summed E-state index contributed by atoms with van der Waals surface area (Å²) < 4.78 is 5.34. The highest BCUT2D eigenvalue weighted by atomic mass is 33.5. The largest absolute Gasteiger partial charge is 0.427 e. The fraction of sp³-hybridized carbons (Fsp3) is 0.708. The normalized spacial score (nSPS) is 25.7. The van der Waals surface area contributed by atoms with Crippen molar-refractivity contribution < 1.29 is 9.53 Å². The first-order chi connectivity index (χ1) is 15.7. The second-order valence-corrected chi connectivity index (χ2v) is 17.5. The number of fused-ring (bicyclic) bond motifs is 2. The molecule has 4 atom stereocenters. The lowest BCUT2D eigenvalue weighted by Crippen LogP contribution is -2.31. The van der Waals surface area contributed by atoms with Gasteiger partial charge in [0.05, 0.1) is 0 Å². The summed E-state index contributed by atoms with van der Waals surface area (Å²) in [5.74, 6) is 0.518. The lowest BCUT2D eigenvalue weighted by atomic mass is 10.0. The smallest absolute Gasteiger partial charge is 0.310 e. The van der Waals surface area contributed by atoms with Gasteiger partial charge in [-0.2, -0.15) is 0 Å². The highest BCUT2D eigenvalue weighted by Crippen LogP contribution is 2.59. The Hall–Kier alpha value is 0.790. The molecule has 0 spiro atoms. The first-order valence-electron chi connectivity index (χ1n) is 12.0. The summed E-state index contributed by atoms with van der Waals surface area (Å²) in [5.41, 5.74) is 1.27. The number of benzene rings is 1. The highest BCUT2D eigenvalue weighted by molar-refractivity contribution is 9.11. The Morgan fingerprint density at radius 3 is 2.34 bits per heavy atom. The van der Waals surface area contributed by atoms with Gasteiger partial charge >= 0.3 is 5.97 Å². The molecule has 2 heterocycles. The molecule has 0 amide bonds. The zero-order chi connectivity index (χ0) is 22.6. The van der Waals surface area contributed by atoms with Gasteiger partial charge in [0.2, 0.25) is 0 Å². The molecule has 2 aliphatic rings. The number of carbonyl (C=O) groups is 1. The van der Waals surface area contributed by atoms with E-state index in [-0.39, 0.29) is 5.97 Å². The van der Waals surface area contributed by atoms with Gasteiger partial charge in [-0.25, -0.2) is 0 Å². The van der Waals surface area contributed by atoms with E-state index in [0.717, 1.165) is 27.4 Å². The molecule has 2 bridgehead atoms. The summed E-state index contributed by atoms with van der Waals surface area (Å²) in [6.07, 6.45) is 13.5. The lowest BCUT2D eigenvalue weighted by Gasteiger charge is -2.38. The van der Waals surface area contributed by atoms with Crippen molar-refractivity contribution in [3.8, 4) is 5.75 Å². The topological polar surface area (TPSA) is 26.3 Å². The number of hydrogen-bond donors (Lipinski definition) is 0. The van der Waals surface area contributed by atoms with Crippen molar-refractivity contribution in [3.05, 3.63) is 29.8 Å². The van der Waals surface area contributed by atoms with E-state index >= 15 is 0 Å². The maximum absolute atomic E-state index is 11.5. The third-order valence-electron chi connectivity index (χ3n) is 5.89. The summed E-state index contributed by atoms with van der Waals surface area (Å²) in [5, 5.41) is 3.32. The number of unbranched alkanes of at least 4 members (excludes halogenated alkanes) is 4. The van der Waals surface area contributed by atoms with Crippen LogP contribution in [0.25, 0.3) is 0 Å². The maximum atomic E-state index is 11.5. The van der Waals surface area contributed by atoms with E-state index in [1.807, 2.05) is 25.1 Å². The van der Waals surface area contributed by atoms with Crippen molar-refractivity contribution in [1.29, 1.82) is 0 Å². The van der Waals surface area contributed by atoms with Crippen LogP contribution >= 0.6 is 62.8 Å². The molecule has 8 heteroatoms. The molecule has 0 radical (unpaired) electrons. The van der Waals surface area contributed by atoms with Crippen LogP contribution in [-0.2, 0) is 11.2 Å². The van der Waals surface area contributed by atoms with Crippen LogP contribution in [0.3, 0.4) is 0 Å². The standard InChI is InChI=1S/C24H36O2S6/c1-3-11-20-22-17-23(30-32-29-22)21(28-31-27-20)15-9-7-5-6-8-12-18-13-10-14-19(16-18)26-24(25)4-2/h10,13-14,16,20-23H,3-9,11-12,15,17H2,1-2H3. The third kappa shape index (κ3) is 9.44. The van der Waals surface area contributed by atoms with Crippen LogP contribution in [0.15, 0.2) is 24.3 Å². The molecule has 2 saturated heterocycles. The summed E-state index contributed by atoms with van der Waals surface area (Å²) in [6.45, 7) is 4.15. The molecule has 0 aromatic heterocycles. The summed E-state index contributed by atoms with van der Waals surface area (Å²) in [6, 6.07) is 8.02. The van der Waals surface area contributed by atoms with Crippen LogP contribution in [0, 0.1) is 0 Å². The second kappa shape index (κ2) is 15.7. The van der Waals surface area contributed by atoms with Crippen LogP contribution in [0.1, 0.15) is 83.6 Å². The minimum atomic E-state index is -0.165. The van der Waals surface area contributed by atoms with E-state index in [1.54, 1.807) is 0 Å². The maximum Gasteiger partial charge on any atom is 0.310 e. The Bertz CT molecular complexity index is 688. The molecule has 0 saturated carbocycles. The number of aryl methyl sites for hydroxylation is 1. The molecule has 180 valence electrons. The first kappa shape index (κ1) is 27.4. The lowest BCUT2D eigenvalue weighted by molar-refractivity contribution is -0.134. The minimum Gasteiger partial charge on any atom is -0.427 e. The van der Waals surface area contributed by atoms with Gasteiger partial charge in [-0.15, -0.1) is 0 Å². The fourth-order valence-electron chi connectivity index (χ4n) is 4.03. The molecule has 1 aromatic rings. The van der Waals surface area contributed by atoms with E-state index in [4.69, 9.17) is 4.74 Å². The summed E-state index contributed by atoms with van der Waals surface area (Å²) in [4.78, 5) is 11.5. The van der Waals surface area contributed by atoms with E-state index in [9.17, 15) is 4.79 Å². The summed E-state index contributed by atoms with van der Waals surface area (Å²) >= 11 is 0. The number of ether oxygens (including phenoxy) is 1. The number of hydrogen-bond acceptors (Lipinski definition) is 8. The average Bonchev–Trinajstić information content (AvgIpc) is 2.81. The van der Waals surface area contributed by atoms with Gasteiger partial charge in [-0.1, -0.05) is 101 Å². The Kier molecular flexibility index (Phi) is 13.4. The second-order valence-electron chi connectivity index (χ2n) is 8.48. The average molecular weight is 549 g/mol. The van der Waals surface area contributed by atoms with Gasteiger partial charge in [-0.3, -0.25) is 4.79 Å². The highest BCUT2D eigenvalue weighted by Gasteiger charge is 2.37. The molecule has 32 heavy (non-hydrogen) atoms. The number of esters is 1. The SMILES string of the molecule is CCCC1SSSC(CCCCCCCc2cccc(OC(=O)CC)c2)C2CC1SSS2. The van der Waals surface area contributed by atoms with Crippen LogP contribution in [0.4, 0.5) is 0 Å². The van der Waals surface area contributed by atoms with Crippen molar-refractivity contribution in [1.82, 2.24) is 0 Å². The van der Waals surface area contributed by atoms with E-state index in [1.165, 1.54) is 63.4 Å². The van der Waals surface area contributed by atoms with Crippen molar-refractivity contribution in [2.24, 2.45) is 0 Å².